The highest BCUT2D eigenvalue weighted by atomic mass is 14.4. The van der Waals surface area contributed by atoms with Gasteiger partial charge in [0.25, 0.3) is 0 Å². The second-order valence-corrected chi connectivity index (χ2v) is 5.83. The second-order valence-electron chi connectivity index (χ2n) is 5.83. The van der Waals surface area contributed by atoms with Crippen LogP contribution in [-0.2, 0) is 6.42 Å². The Morgan fingerprint density at radius 3 is 2.39 bits per heavy atom. The molecule has 1 fully saturated rings. The van der Waals surface area contributed by atoms with Crippen molar-refractivity contribution in [1.29, 1.82) is 5.26 Å². The molecule has 0 atom stereocenters. The molecular weight excluding hydrogens is 218 g/mol. The summed E-state index contributed by atoms with van der Waals surface area (Å²) in [7, 11) is 0. The summed E-state index contributed by atoms with van der Waals surface area (Å²) in [6.45, 7) is 2.13. The molecule has 2 rings (SSSR count). The zero-order valence-corrected chi connectivity index (χ0v) is 11.4. The van der Waals surface area contributed by atoms with Gasteiger partial charge in [0.2, 0.25) is 0 Å². The maximum Gasteiger partial charge on any atom is 0.0693 e. The number of hydrogen-bond donors (Lipinski definition) is 0. The zero-order valence-electron chi connectivity index (χ0n) is 11.4. The highest BCUT2D eigenvalue weighted by Crippen LogP contribution is 2.36. The predicted octanol–water partition coefficient (Wildman–Crippen LogP) is 4.79. The van der Waals surface area contributed by atoms with Crippen LogP contribution in [0.2, 0.25) is 0 Å². The van der Waals surface area contributed by atoms with Crippen LogP contribution in [0.1, 0.15) is 56.1 Å². The second kappa shape index (κ2) is 6.05. The van der Waals surface area contributed by atoms with Crippen molar-refractivity contribution in [1.82, 2.24) is 0 Å². The van der Waals surface area contributed by atoms with Crippen molar-refractivity contribution >= 4 is 0 Å². The van der Waals surface area contributed by atoms with Crippen LogP contribution < -0.4 is 0 Å². The summed E-state index contributed by atoms with van der Waals surface area (Å²) >= 11 is 0. The van der Waals surface area contributed by atoms with Crippen molar-refractivity contribution in [2.24, 2.45) is 5.41 Å². The van der Waals surface area contributed by atoms with E-state index in [2.05, 4.69) is 37.3 Å². The third kappa shape index (κ3) is 3.35. The van der Waals surface area contributed by atoms with Crippen LogP contribution in [0.25, 0.3) is 0 Å². The van der Waals surface area contributed by atoms with Crippen molar-refractivity contribution in [3.8, 4) is 6.07 Å². The molecule has 1 nitrogen and oxygen atoms in total. The predicted molar refractivity (Wildman–Crippen MR) is 75.2 cm³/mol. The van der Waals surface area contributed by atoms with Crippen LogP contribution in [0.4, 0.5) is 0 Å². The first-order valence-corrected chi connectivity index (χ1v) is 7.21. The Bertz CT molecular complexity index is 419. The SMILES string of the molecule is Cc1cccc(CC2(C#N)CCCCCCC2)c1. The normalized spacial score (nSPS) is 19.6. The average Bonchev–Trinajstić information content (AvgIpc) is 2.33. The van der Waals surface area contributed by atoms with Gasteiger partial charge in [0.1, 0.15) is 0 Å². The van der Waals surface area contributed by atoms with Crippen LogP contribution in [0.3, 0.4) is 0 Å². The Morgan fingerprint density at radius 2 is 1.78 bits per heavy atom. The summed E-state index contributed by atoms with van der Waals surface area (Å²) in [5, 5.41) is 9.64. The van der Waals surface area contributed by atoms with Gasteiger partial charge in [0.15, 0.2) is 0 Å². The van der Waals surface area contributed by atoms with Crippen molar-refractivity contribution in [2.45, 2.75) is 58.3 Å². The molecule has 1 aromatic carbocycles. The van der Waals surface area contributed by atoms with E-state index in [9.17, 15) is 5.26 Å². The van der Waals surface area contributed by atoms with Gasteiger partial charge in [-0.1, -0.05) is 61.9 Å². The lowest BCUT2D eigenvalue weighted by molar-refractivity contribution is 0.287. The standard InChI is InChI=1S/C17H23N/c1-15-8-7-9-16(12-15)13-17(14-18)10-5-3-2-4-6-11-17/h7-9,12H,2-6,10-11,13H2,1H3. The van der Waals surface area contributed by atoms with Gasteiger partial charge in [-0.15, -0.1) is 0 Å². The molecule has 1 heteroatoms. The Morgan fingerprint density at radius 1 is 1.11 bits per heavy atom. The minimum atomic E-state index is -0.103. The molecule has 0 amide bonds. The lowest BCUT2D eigenvalue weighted by Gasteiger charge is -2.28. The summed E-state index contributed by atoms with van der Waals surface area (Å²) in [6.07, 6.45) is 9.50. The molecule has 0 N–H and O–H groups in total. The van der Waals surface area contributed by atoms with E-state index >= 15 is 0 Å². The van der Waals surface area contributed by atoms with E-state index in [1.807, 2.05) is 0 Å². The Balaban J connectivity index is 2.13. The molecule has 1 aliphatic carbocycles. The first kappa shape index (κ1) is 13.1. The Labute approximate surface area is 111 Å². The van der Waals surface area contributed by atoms with Crippen molar-refractivity contribution in [2.75, 3.05) is 0 Å². The monoisotopic (exact) mass is 241 g/mol. The van der Waals surface area contributed by atoms with Gasteiger partial charge in [-0.2, -0.15) is 5.26 Å². The van der Waals surface area contributed by atoms with Gasteiger partial charge in [0.05, 0.1) is 11.5 Å². The van der Waals surface area contributed by atoms with Gasteiger partial charge >= 0.3 is 0 Å². The summed E-state index contributed by atoms with van der Waals surface area (Å²) in [5.41, 5.74) is 2.53. The minimum absolute atomic E-state index is 0.103. The molecule has 0 spiro atoms. The number of nitriles is 1. The van der Waals surface area contributed by atoms with Gasteiger partial charge in [0, 0.05) is 0 Å². The summed E-state index contributed by atoms with van der Waals surface area (Å²) in [4.78, 5) is 0. The molecule has 1 aliphatic rings. The van der Waals surface area contributed by atoms with E-state index < -0.39 is 0 Å². The van der Waals surface area contributed by atoms with Crippen LogP contribution in [0.15, 0.2) is 24.3 Å². The molecule has 0 bridgehead atoms. The third-order valence-corrected chi connectivity index (χ3v) is 4.17. The molecule has 1 saturated carbocycles. The Kier molecular flexibility index (Phi) is 4.42. The van der Waals surface area contributed by atoms with Gasteiger partial charge < -0.3 is 0 Å². The molecule has 0 unspecified atom stereocenters. The fraction of sp³-hybridized carbons (Fsp3) is 0.588. The maximum atomic E-state index is 9.64. The molecule has 1 aromatic rings. The number of aryl methyl sites for hydroxylation is 1. The van der Waals surface area contributed by atoms with E-state index in [0.29, 0.717) is 0 Å². The molecule has 96 valence electrons. The first-order chi connectivity index (χ1) is 8.74. The summed E-state index contributed by atoms with van der Waals surface area (Å²) < 4.78 is 0. The van der Waals surface area contributed by atoms with Crippen molar-refractivity contribution < 1.29 is 0 Å². The van der Waals surface area contributed by atoms with Gasteiger partial charge in [-0.25, -0.2) is 0 Å². The quantitative estimate of drug-likeness (QED) is 0.730. The lowest BCUT2D eigenvalue weighted by atomic mass is 9.73. The van der Waals surface area contributed by atoms with Crippen molar-refractivity contribution in [3.05, 3.63) is 35.4 Å². The molecule has 0 heterocycles. The Hall–Kier alpha value is -1.29. The van der Waals surface area contributed by atoms with Crippen LogP contribution in [0, 0.1) is 23.7 Å². The molecular formula is C17H23N. The minimum Gasteiger partial charge on any atom is -0.198 e. The third-order valence-electron chi connectivity index (χ3n) is 4.17. The van der Waals surface area contributed by atoms with Crippen LogP contribution in [-0.4, -0.2) is 0 Å². The highest BCUT2D eigenvalue weighted by molar-refractivity contribution is 5.25. The molecule has 0 aliphatic heterocycles. The molecule has 0 saturated heterocycles. The van der Waals surface area contributed by atoms with E-state index in [-0.39, 0.29) is 5.41 Å². The number of nitrogens with zero attached hydrogens (tertiary/aromatic N) is 1. The first-order valence-electron chi connectivity index (χ1n) is 7.21. The van der Waals surface area contributed by atoms with Crippen LogP contribution >= 0.6 is 0 Å². The zero-order chi connectivity index (χ0) is 12.8. The largest absolute Gasteiger partial charge is 0.198 e. The topological polar surface area (TPSA) is 23.8 Å². The fourth-order valence-electron chi connectivity index (χ4n) is 3.12. The summed E-state index contributed by atoms with van der Waals surface area (Å²) in [6, 6.07) is 11.3. The van der Waals surface area contributed by atoms with E-state index in [0.717, 1.165) is 19.3 Å². The number of hydrogen-bond acceptors (Lipinski definition) is 1. The van der Waals surface area contributed by atoms with E-state index in [1.54, 1.807) is 0 Å². The smallest absolute Gasteiger partial charge is 0.0693 e. The molecule has 18 heavy (non-hydrogen) atoms. The lowest BCUT2D eigenvalue weighted by Crippen LogP contribution is -2.23. The average molecular weight is 241 g/mol. The molecule has 0 radical (unpaired) electrons. The van der Waals surface area contributed by atoms with Gasteiger partial charge in [-0.3, -0.25) is 0 Å². The number of rotatable bonds is 2. The van der Waals surface area contributed by atoms with Crippen molar-refractivity contribution in [3.63, 3.8) is 0 Å². The maximum absolute atomic E-state index is 9.64. The van der Waals surface area contributed by atoms with E-state index in [1.165, 1.54) is 43.2 Å². The fourth-order valence-corrected chi connectivity index (χ4v) is 3.12. The van der Waals surface area contributed by atoms with Crippen LogP contribution in [0.5, 0.6) is 0 Å². The summed E-state index contributed by atoms with van der Waals surface area (Å²) in [5.74, 6) is 0. The molecule has 0 aromatic heterocycles. The highest BCUT2D eigenvalue weighted by Gasteiger charge is 2.30. The number of benzene rings is 1. The van der Waals surface area contributed by atoms with Gasteiger partial charge in [-0.05, 0) is 31.7 Å². The van der Waals surface area contributed by atoms with E-state index in [4.69, 9.17) is 0 Å².